The van der Waals surface area contributed by atoms with Gasteiger partial charge in [-0.3, -0.25) is 4.99 Å². The van der Waals surface area contributed by atoms with Gasteiger partial charge in [-0.15, -0.1) is 24.0 Å². The average molecular weight is 530 g/mol. The molecule has 0 bridgehead atoms. The van der Waals surface area contributed by atoms with Gasteiger partial charge in [0.2, 0.25) is 0 Å². The molecule has 2 N–H and O–H groups in total. The summed E-state index contributed by atoms with van der Waals surface area (Å²) in [7, 11) is 1.64. The number of halogens is 4. The van der Waals surface area contributed by atoms with Crippen LogP contribution < -0.4 is 15.5 Å². The third kappa shape index (κ3) is 6.38. The number of rotatable bonds is 5. The Morgan fingerprint density at radius 2 is 1.80 bits per heavy atom. The number of anilines is 1. The van der Waals surface area contributed by atoms with E-state index in [1.165, 1.54) is 12.1 Å². The summed E-state index contributed by atoms with van der Waals surface area (Å²) >= 11 is 0. The lowest BCUT2D eigenvalue weighted by Gasteiger charge is -2.20. The minimum Gasteiger partial charge on any atom is -0.364 e. The Bertz CT molecular complexity index is 888. The number of nitrogens with one attached hydrogen (secondary N) is 2. The van der Waals surface area contributed by atoms with Crippen LogP contribution in [-0.2, 0) is 12.7 Å². The van der Waals surface area contributed by atoms with E-state index in [9.17, 15) is 13.2 Å². The Balaban J connectivity index is 0.00000320. The van der Waals surface area contributed by atoms with Crippen molar-refractivity contribution in [2.24, 2.45) is 4.99 Å². The molecule has 0 amide bonds. The summed E-state index contributed by atoms with van der Waals surface area (Å²) in [6.07, 6.45) is -0.0662. The molecule has 4 nitrogen and oxygen atoms in total. The van der Waals surface area contributed by atoms with Crippen LogP contribution in [0.1, 0.15) is 29.7 Å². The van der Waals surface area contributed by atoms with Crippen molar-refractivity contribution in [2.45, 2.75) is 25.7 Å². The third-order valence-electron chi connectivity index (χ3n) is 4.84. The molecule has 1 aliphatic rings. The van der Waals surface area contributed by atoms with E-state index >= 15 is 0 Å². The summed E-state index contributed by atoms with van der Waals surface area (Å²) in [5.41, 5.74) is 2.16. The van der Waals surface area contributed by atoms with Crippen molar-refractivity contribution in [3.63, 3.8) is 0 Å². The van der Waals surface area contributed by atoms with Crippen LogP contribution in [0.15, 0.2) is 65.7 Å². The normalized spacial score (nSPS) is 15.0. The second-order valence-corrected chi connectivity index (χ2v) is 6.96. The van der Waals surface area contributed by atoms with Crippen molar-refractivity contribution in [1.29, 1.82) is 0 Å². The molecule has 0 aliphatic carbocycles. The van der Waals surface area contributed by atoms with E-state index in [0.717, 1.165) is 30.4 Å². The highest BCUT2D eigenvalue weighted by atomic mass is 127. The first kappa shape index (κ1) is 24.0. The maximum atomic E-state index is 12.9. The Morgan fingerprint density at radius 3 is 2.47 bits per heavy atom. The number of guanidine groups is 1. The summed E-state index contributed by atoms with van der Waals surface area (Å²) in [6, 6.07) is 13.3. The SMILES string of the molecule is CN=C(NCc1cccc(N2CC=CC2)c1)NC(C)c1cccc(C(F)(F)F)c1.I. The van der Waals surface area contributed by atoms with Gasteiger partial charge in [0.15, 0.2) is 5.96 Å². The van der Waals surface area contributed by atoms with Gasteiger partial charge < -0.3 is 15.5 Å². The van der Waals surface area contributed by atoms with E-state index in [2.05, 4.69) is 44.8 Å². The van der Waals surface area contributed by atoms with Gasteiger partial charge in [0, 0.05) is 32.4 Å². The number of hydrogen-bond donors (Lipinski definition) is 2. The molecule has 0 saturated carbocycles. The first-order valence-electron chi connectivity index (χ1n) is 9.50. The second-order valence-electron chi connectivity index (χ2n) is 6.96. The Morgan fingerprint density at radius 1 is 1.10 bits per heavy atom. The maximum absolute atomic E-state index is 12.9. The van der Waals surface area contributed by atoms with Gasteiger partial charge in [0.05, 0.1) is 11.6 Å². The molecular formula is C22H26F3IN4. The van der Waals surface area contributed by atoms with Gasteiger partial charge in [-0.25, -0.2) is 0 Å². The molecule has 2 aromatic rings. The summed E-state index contributed by atoms with van der Waals surface area (Å²) in [5.74, 6) is 0.531. The molecule has 0 radical (unpaired) electrons. The van der Waals surface area contributed by atoms with Crippen LogP contribution in [0.3, 0.4) is 0 Å². The number of alkyl halides is 3. The van der Waals surface area contributed by atoms with Gasteiger partial charge >= 0.3 is 6.18 Å². The van der Waals surface area contributed by atoms with E-state index < -0.39 is 11.7 Å². The van der Waals surface area contributed by atoms with E-state index in [4.69, 9.17) is 0 Å². The summed E-state index contributed by atoms with van der Waals surface area (Å²) in [4.78, 5) is 6.46. The van der Waals surface area contributed by atoms with Crippen LogP contribution in [0.25, 0.3) is 0 Å². The predicted octanol–water partition coefficient (Wildman–Crippen LogP) is 5.13. The maximum Gasteiger partial charge on any atom is 0.416 e. The molecule has 30 heavy (non-hydrogen) atoms. The lowest BCUT2D eigenvalue weighted by Crippen LogP contribution is -2.38. The summed E-state index contributed by atoms with van der Waals surface area (Å²) in [5, 5.41) is 6.38. The van der Waals surface area contributed by atoms with Crippen molar-refractivity contribution in [2.75, 3.05) is 25.0 Å². The van der Waals surface area contributed by atoms with E-state index in [0.29, 0.717) is 18.1 Å². The van der Waals surface area contributed by atoms with Gasteiger partial charge in [0.1, 0.15) is 0 Å². The zero-order valence-electron chi connectivity index (χ0n) is 16.9. The van der Waals surface area contributed by atoms with Gasteiger partial charge in [-0.05, 0) is 42.3 Å². The van der Waals surface area contributed by atoms with Crippen LogP contribution in [0, 0.1) is 0 Å². The zero-order chi connectivity index (χ0) is 20.9. The molecule has 1 aliphatic heterocycles. The highest BCUT2D eigenvalue weighted by molar-refractivity contribution is 14.0. The smallest absolute Gasteiger partial charge is 0.364 e. The van der Waals surface area contributed by atoms with Crippen molar-refractivity contribution < 1.29 is 13.2 Å². The van der Waals surface area contributed by atoms with Gasteiger partial charge in [-0.1, -0.05) is 36.4 Å². The van der Waals surface area contributed by atoms with Gasteiger partial charge in [-0.2, -0.15) is 13.2 Å². The molecule has 1 unspecified atom stereocenters. The topological polar surface area (TPSA) is 39.7 Å². The van der Waals surface area contributed by atoms with Crippen molar-refractivity contribution in [1.82, 2.24) is 10.6 Å². The lowest BCUT2D eigenvalue weighted by atomic mass is 10.1. The Labute approximate surface area is 192 Å². The van der Waals surface area contributed by atoms with Crippen molar-refractivity contribution in [3.8, 4) is 0 Å². The van der Waals surface area contributed by atoms with Crippen molar-refractivity contribution in [3.05, 3.63) is 77.4 Å². The predicted molar refractivity (Wildman–Crippen MR) is 126 cm³/mol. The van der Waals surface area contributed by atoms with E-state index in [1.807, 2.05) is 19.1 Å². The summed E-state index contributed by atoms with van der Waals surface area (Å²) < 4.78 is 38.8. The minimum absolute atomic E-state index is 0. The van der Waals surface area contributed by atoms with Crippen molar-refractivity contribution >= 4 is 35.6 Å². The zero-order valence-corrected chi connectivity index (χ0v) is 19.2. The number of nitrogens with zero attached hydrogens (tertiary/aromatic N) is 2. The Kier molecular flexibility index (Phi) is 8.57. The number of aliphatic imine (C=N–C) groups is 1. The highest BCUT2D eigenvalue weighted by Crippen LogP contribution is 2.30. The minimum atomic E-state index is -4.36. The molecule has 0 aromatic heterocycles. The molecule has 3 rings (SSSR count). The highest BCUT2D eigenvalue weighted by Gasteiger charge is 2.30. The molecule has 162 valence electrons. The number of benzene rings is 2. The molecule has 0 saturated heterocycles. The first-order chi connectivity index (χ1) is 13.9. The average Bonchev–Trinajstić information content (AvgIpc) is 3.25. The fourth-order valence-electron chi connectivity index (χ4n) is 3.21. The van der Waals surface area contributed by atoms with E-state index in [1.54, 1.807) is 13.1 Å². The van der Waals surface area contributed by atoms with Crippen LogP contribution in [0.4, 0.5) is 18.9 Å². The Hall–Kier alpha value is -2.23. The molecule has 0 spiro atoms. The standard InChI is InChI=1S/C22H25F3N4.HI/c1-16(18-8-6-9-19(14-18)22(23,24)25)28-21(26-2)27-15-17-7-5-10-20(13-17)29-11-3-4-12-29;/h3-10,13-14,16H,11-12,15H2,1-2H3,(H2,26,27,28);1H. The fourth-order valence-corrected chi connectivity index (χ4v) is 3.21. The van der Waals surface area contributed by atoms with Gasteiger partial charge in [0.25, 0.3) is 0 Å². The molecule has 1 heterocycles. The van der Waals surface area contributed by atoms with Crippen LogP contribution in [0.2, 0.25) is 0 Å². The number of hydrogen-bond acceptors (Lipinski definition) is 2. The quantitative estimate of drug-likeness (QED) is 0.244. The largest absolute Gasteiger partial charge is 0.416 e. The second kappa shape index (κ2) is 10.7. The molecule has 2 aromatic carbocycles. The van der Waals surface area contributed by atoms with Crippen LogP contribution in [-0.4, -0.2) is 26.1 Å². The monoisotopic (exact) mass is 530 g/mol. The molecule has 1 atom stereocenters. The molecule has 0 fully saturated rings. The third-order valence-corrected chi connectivity index (χ3v) is 4.84. The van der Waals surface area contributed by atoms with Crippen LogP contribution in [0.5, 0.6) is 0 Å². The fraction of sp³-hybridized carbons (Fsp3) is 0.318. The molecule has 8 heteroatoms. The van der Waals surface area contributed by atoms with E-state index in [-0.39, 0.29) is 30.0 Å². The lowest BCUT2D eigenvalue weighted by molar-refractivity contribution is -0.137. The first-order valence-corrected chi connectivity index (χ1v) is 9.50. The van der Waals surface area contributed by atoms with Crippen LogP contribution >= 0.6 is 24.0 Å². The molecular weight excluding hydrogens is 504 g/mol. The summed E-state index contributed by atoms with van der Waals surface area (Å²) in [6.45, 7) is 4.19.